The molecular formula is C31H36O3. The van der Waals surface area contributed by atoms with E-state index in [9.17, 15) is 4.79 Å². The Morgan fingerprint density at radius 2 is 1.41 bits per heavy atom. The van der Waals surface area contributed by atoms with E-state index in [1.807, 2.05) is 0 Å². The second-order valence-corrected chi connectivity index (χ2v) is 8.88. The molecule has 0 amide bonds. The van der Waals surface area contributed by atoms with Crippen LogP contribution in [0.2, 0.25) is 0 Å². The summed E-state index contributed by atoms with van der Waals surface area (Å²) < 4.78 is 5.10. The molecule has 0 aliphatic rings. The lowest BCUT2D eigenvalue weighted by Gasteiger charge is -2.11. The van der Waals surface area contributed by atoms with Gasteiger partial charge in [-0.05, 0) is 71.6 Å². The maximum atomic E-state index is 11.5. The quantitative estimate of drug-likeness (QED) is 0.180. The Morgan fingerprint density at radius 3 is 2.00 bits per heavy atom. The van der Waals surface area contributed by atoms with Crippen LogP contribution in [0.5, 0.6) is 0 Å². The zero-order valence-electron chi connectivity index (χ0n) is 20.5. The van der Waals surface area contributed by atoms with Crippen LogP contribution in [0.3, 0.4) is 0 Å². The summed E-state index contributed by atoms with van der Waals surface area (Å²) in [6.45, 7) is 7.84. The molecule has 0 unspecified atom stereocenters. The van der Waals surface area contributed by atoms with E-state index in [4.69, 9.17) is 9.84 Å². The number of benzene rings is 3. The number of unbranched alkanes of at least 4 members (excludes halogenated alkanes) is 2. The van der Waals surface area contributed by atoms with E-state index in [0.717, 1.165) is 19.3 Å². The fraction of sp³-hybridized carbons (Fsp3) is 0.323. The molecule has 3 nitrogen and oxygen atoms in total. The molecule has 178 valence electrons. The summed E-state index contributed by atoms with van der Waals surface area (Å²) in [6.07, 6.45) is 6.52. The number of carbonyl (C=O) groups excluding carboxylic acids is 1. The molecule has 1 N–H and O–H groups in total. The highest BCUT2D eigenvalue weighted by Gasteiger charge is 2.08. The Hall–Kier alpha value is -3.17. The minimum atomic E-state index is -0.528. The van der Waals surface area contributed by atoms with Crippen molar-refractivity contribution in [2.75, 3.05) is 13.2 Å². The second-order valence-electron chi connectivity index (χ2n) is 8.88. The zero-order chi connectivity index (χ0) is 24.3. The van der Waals surface area contributed by atoms with Crippen molar-refractivity contribution in [1.29, 1.82) is 0 Å². The Bertz CT molecular complexity index is 1080. The number of aliphatic hydroxyl groups is 1. The minimum absolute atomic E-state index is 0.0880. The lowest BCUT2D eigenvalue weighted by molar-refractivity contribution is -0.139. The standard InChI is InChI=1S/C31H36O3/c1-4-5-6-8-25-12-16-28(17-13-25)30-19-18-29(21-23(30)2)27-14-10-26(11-15-27)9-7-20-34-31(33)24(3)22-32/h10-19,21,32H,3-9,20,22H2,1-2H3. The monoisotopic (exact) mass is 456 g/mol. The van der Waals surface area contributed by atoms with Crippen LogP contribution in [0.25, 0.3) is 22.3 Å². The lowest BCUT2D eigenvalue weighted by atomic mass is 9.94. The summed E-state index contributed by atoms with van der Waals surface area (Å²) in [4.78, 5) is 11.5. The number of rotatable bonds is 12. The molecular weight excluding hydrogens is 420 g/mol. The molecule has 0 spiro atoms. The Kier molecular flexibility index (Phi) is 9.66. The molecule has 3 aromatic carbocycles. The average Bonchev–Trinajstić information content (AvgIpc) is 2.87. The molecule has 3 rings (SSSR count). The zero-order valence-corrected chi connectivity index (χ0v) is 20.5. The van der Waals surface area contributed by atoms with Crippen molar-refractivity contribution in [3.8, 4) is 22.3 Å². The van der Waals surface area contributed by atoms with Gasteiger partial charge in [-0.25, -0.2) is 4.79 Å². The van der Waals surface area contributed by atoms with E-state index in [1.165, 1.54) is 58.2 Å². The number of aliphatic hydroxyl groups excluding tert-OH is 1. The Morgan fingerprint density at radius 1 is 0.824 bits per heavy atom. The van der Waals surface area contributed by atoms with E-state index in [-0.39, 0.29) is 12.2 Å². The van der Waals surface area contributed by atoms with Crippen LogP contribution in [0, 0.1) is 6.92 Å². The molecule has 34 heavy (non-hydrogen) atoms. The first-order chi connectivity index (χ1) is 16.5. The van der Waals surface area contributed by atoms with E-state index in [0.29, 0.717) is 6.61 Å². The summed E-state index contributed by atoms with van der Waals surface area (Å²) in [6, 6.07) is 24.2. The van der Waals surface area contributed by atoms with E-state index < -0.39 is 5.97 Å². The molecule has 0 atom stereocenters. The molecule has 0 aromatic heterocycles. The third-order valence-electron chi connectivity index (χ3n) is 6.17. The maximum Gasteiger partial charge on any atom is 0.335 e. The van der Waals surface area contributed by atoms with E-state index >= 15 is 0 Å². The lowest BCUT2D eigenvalue weighted by Crippen LogP contribution is -2.11. The van der Waals surface area contributed by atoms with Crippen LogP contribution in [0.4, 0.5) is 0 Å². The number of hydrogen-bond acceptors (Lipinski definition) is 3. The highest BCUT2D eigenvalue weighted by Crippen LogP contribution is 2.29. The van der Waals surface area contributed by atoms with Gasteiger partial charge in [0.15, 0.2) is 0 Å². The van der Waals surface area contributed by atoms with Gasteiger partial charge in [-0.2, -0.15) is 0 Å². The molecule has 3 aromatic rings. The predicted octanol–water partition coefficient (Wildman–Crippen LogP) is 7.09. The number of esters is 1. The molecule has 0 fully saturated rings. The van der Waals surface area contributed by atoms with Gasteiger partial charge in [-0.15, -0.1) is 0 Å². The van der Waals surface area contributed by atoms with Crippen molar-refractivity contribution in [3.05, 3.63) is 95.6 Å². The van der Waals surface area contributed by atoms with Crippen molar-refractivity contribution in [3.63, 3.8) is 0 Å². The smallest absolute Gasteiger partial charge is 0.335 e. The molecule has 0 aliphatic heterocycles. The van der Waals surface area contributed by atoms with Gasteiger partial charge in [0.2, 0.25) is 0 Å². The fourth-order valence-corrected chi connectivity index (χ4v) is 4.07. The molecule has 0 saturated carbocycles. The van der Waals surface area contributed by atoms with Crippen LogP contribution >= 0.6 is 0 Å². The minimum Gasteiger partial charge on any atom is -0.462 e. The van der Waals surface area contributed by atoms with Crippen molar-refractivity contribution < 1.29 is 14.6 Å². The average molecular weight is 457 g/mol. The first-order valence-electron chi connectivity index (χ1n) is 12.3. The van der Waals surface area contributed by atoms with Gasteiger partial charge in [0.1, 0.15) is 0 Å². The fourth-order valence-electron chi connectivity index (χ4n) is 4.07. The highest BCUT2D eigenvalue weighted by atomic mass is 16.5. The van der Waals surface area contributed by atoms with E-state index in [1.54, 1.807) is 0 Å². The number of hydrogen-bond donors (Lipinski definition) is 1. The first kappa shape index (κ1) is 25.5. The topological polar surface area (TPSA) is 46.5 Å². The molecule has 0 aliphatic carbocycles. The number of aryl methyl sites for hydroxylation is 3. The van der Waals surface area contributed by atoms with Crippen LogP contribution in [-0.2, 0) is 22.4 Å². The van der Waals surface area contributed by atoms with Gasteiger partial charge in [-0.3, -0.25) is 0 Å². The summed E-state index contributed by atoms with van der Waals surface area (Å²) in [7, 11) is 0. The molecule has 0 heterocycles. The summed E-state index contributed by atoms with van der Waals surface area (Å²) >= 11 is 0. The van der Waals surface area contributed by atoms with Gasteiger partial charge in [0, 0.05) is 0 Å². The van der Waals surface area contributed by atoms with Crippen molar-refractivity contribution in [2.24, 2.45) is 0 Å². The summed E-state index contributed by atoms with van der Waals surface area (Å²) in [5, 5.41) is 8.89. The van der Waals surface area contributed by atoms with Crippen LogP contribution in [0.1, 0.15) is 49.3 Å². The van der Waals surface area contributed by atoms with Crippen LogP contribution < -0.4 is 0 Å². The van der Waals surface area contributed by atoms with E-state index in [2.05, 4.69) is 87.2 Å². The Balaban J connectivity index is 1.58. The van der Waals surface area contributed by atoms with Crippen LogP contribution in [0.15, 0.2) is 78.9 Å². The maximum absolute atomic E-state index is 11.5. The third kappa shape index (κ3) is 7.16. The molecule has 0 radical (unpaired) electrons. The van der Waals surface area contributed by atoms with Crippen molar-refractivity contribution in [2.45, 2.75) is 52.4 Å². The van der Waals surface area contributed by atoms with Gasteiger partial charge in [0.05, 0.1) is 18.8 Å². The number of carbonyl (C=O) groups is 1. The second kappa shape index (κ2) is 12.9. The van der Waals surface area contributed by atoms with Gasteiger partial charge in [-0.1, -0.05) is 93.1 Å². The third-order valence-corrected chi connectivity index (χ3v) is 6.17. The first-order valence-corrected chi connectivity index (χ1v) is 12.3. The summed E-state index contributed by atoms with van der Waals surface area (Å²) in [5.74, 6) is -0.528. The van der Waals surface area contributed by atoms with Gasteiger partial charge < -0.3 is 9.84 Å². The number of ether oxygens (including phenoxy) is 1. The van der Waals surface area contributed by atoms with Crippen molar-refractivity contribution >= 4 is 5.97 Å². The molecule has 3 heteroatoms. The predicted molar refractivity (Wildman–Crippen MR) is 141 cm³/mol. The van der Waals surface area contributed by atoms with Gasteiger partial charge >= 0.3 is 5.97 Å². The Labute approximate surface area is 204 Å². The largest absolute Gasteiger partial charge is 0.462 e. The van der Waals surface area contributed by atoms with Crippen LogP contribution in [-0.4, -0.2) is 24.3 Å². The summed E-state index contributed by atoms with van der Waals surface area (Å²) in [5.41, 5.74) is 8.92. The van der Waals surface area contributed by atoms with Gasteiger partial charge in [0.25, 0.3) is 0 Å². The highest BCUT2D eigenvalue weighted by molar-refractivity contribution is 5.87. The SMILES string of the molecule is C=C(CO)C(=O)OCCCc1ccc(-c2ccc(-c3ccc(CCCCC)cc3)c(C)c2)cc1. The molecule has 0 bridgehead atoms. The molecule has 0 saturated heterocycles. The normalized spacial score (nSPS) is 10.8. The van der Waals surface area contributed by atoms with Crippen molar-refractivity contribution in [1.82, 2.24) is 0 Å².